The predicted molar refractivity (Wildman–Crippen MR) is 135 cm³/mol. The molecule has 16 nitrogen and oxygen atoms in total. The minimum absolute atomic E-state index is 0.0669. The molecule has 10 N–H and O–H groups in total. The highest BCUT2D eigenvalue weighted by atomic mass is 16.4. The van der Waals surface area contributed by atoms with E-state index in [1.165, 1.54) is 36.8 Å². The van der Waals surface area contributed by atoms with Crippen molar-refractivity contribution in [2.45, 2.75) is 56.3 Å². The lowest BCUT2D eigenvalue weighted by atomic mass is 10.0. The summed E-state index contributed by atoms with van der Waals surface area (Å²) in [5.74, 6) is -7.04. The zero-order chi connectivity index (χ0) is 29.8. The maximum atomic E-state index is 13.3. The van der Waals surface area contributed by atoms with Gasteiger partial charge in [-0.25, -0.2) is 9.78 Å². The number of nitrogens with one attached hydrogen (secondary N) is 4. The van der Waals surface area contributed by atoms with Gasteiger partial charge in [-0.2, -0.15) is 0 Å². The molecule has 0 spiro atoms. The molecule has 0 aliphatic carbocycles. The first-order chi connectivity index (χ1) is 18.8. The van der Waals surface area contributed by atoms with E-state index >= 15 is 0 Å². The summed E-state index contributed by atoms with van der Waals surface area (Å²) in [6.45, 7) is 0. The van der Waals surface area contributed by atoms with Gasteiger partial charge in [-0.05, 0) is 24.1 Å². The number of benzene rings is 1. The summed E-state index contributed by atoms with van der Waals surface area (Å²) in [7, 11) is 0. The first kappa shape index (κ1) is 31.2. The van der Waals surface area contributed by atoms with Gasteiger partial charge in [-0.1, -0.05) is 12.1 Å². The van der Waals surface area contributed by atoms with Gasteiger partial charge in [0.2, 0.25) is 17.7 Å². The van der Waals surface area contributed by atoms with Crippen LogP contribution in [0.1, 0.15) is 30.5 Å². The Morgan fingerprint density at radius 1 is 0.825 bits per heavy atom. The summed E-state index contributed by atoms with van der Waals surface area (Å²) in [6, 6.07) is -0.235. The number of aliphatic carboxylic acids is 3. The van der Waals surface area contributed by atoms with Crippen molar-refractivity contribution in [2.75, 3.05) is 0 Å². The minimum atomic E-state index is -1.79. The molecule has 40 heavy (non-hydrogen) atoms. The molecule has 1 aromatic heterocycles. The number of phenolic OH excluding ortho intramolecular Hbond substituents is 1. The highest BCUT2D eigenvalue weighted by Crippen LogP contribution is 2.12. The number of nitrogens with two attached hydrogens (primary N) is 1. The first-order valence-electron chi connectivity index (χ1n) is 11.9. The Balaban J connectivity index is 2.29. The second kappa shape index (κ2) is 14.8. The molecule has 0 aliphatic heterocycles. The quantitative estimate of drug-likeness (QED) is 0.109. The smallest absolute Gasteiger partial charge is 0.326 e. The van der Waals surface area contributed by atoms with Gasteiger partial charge in [0.25, 0.3) is 0 Å². The zero-order valence-corrected chi connectivity index (χ0v) is 21.1. The fourth-order valence-corrected chi connectivity index (χ4v) is 3.51. The molecule has 0 fully saturated rings. The van der Waals surface area contributed by atoms with Crippen molar-refractivity contribution in [2.24, 2.45) is 5.73 Å². The third-order valence-corrected chi connectivity index (χ3v) is 5.62. The maximum absolute atomic E-state index is 13.3. The van der Waals surface area contributed by atoms with Crippen LogP contribution in [0.4, 0.5) is 0 Å². The van der Waals surface area contributed by atoms with Gasteiger partial charge in [0, 0.05) is 31.2 Å². The van der Waals surface area contributed by atoms with Crippen molar-refractivity contribution in [1.82, 2.24) is 25.9 Å². The number of hydrogen-bond acceptors (Lipinski definition) is 9. The van der Waals surface area contributed by atoms with Crippen molar-refractivity contribution in [3.8, 4) is 5.75 Å². The fourth-order valence-electron chi connectivity index (χ4n) is 3.51. The number of nitrogens with zero attached hydrogens (tertiary/aromatic N) is 1. The highest BCUT2D eigenvalue weighted by molar-refractivity contribution is 5.95. The summed E-state index contributed by atoms with van der Waals surface area (Å²) in [5, 5.41) is 43.6. The number of phenols is 1. The highest BCUT2D eigenvalue weighted by Gasteiger charge is 2.31. The molecular weight excluding hydrogens is 532 g/mol. The summed E-state index contributed by atoms with van der Waals surface area (Å²) in [6.07, 6.45) is 0.885. The van der Waals surface area contributed by atoms with Crippen LogP contribution in [-0.2, 0) is 41.6 Å². The van der Waals surface area contributed by atoms with Crippen LogP contribution in [0.15, 0.2) is 36.8 Å². The van der Waals surface area contributed by atoms with Gasteiger partial charge in [-0.3, -0.25) is 24.0 Å². The number of imidazole rings is 1. The number of carbonyl (C=O) groups excluding carboxylic acids is 3. The van der Waals surface area contributed by atoms with Gasteiger partial charge < -0.3 is 47.1 Å². The van der Waals surface area contributed by atoms with Gasteiger partial charge >= 0.3 is 17.9 Å². The number of carbonyl (C=O) groups is 6. The Morgan fingerprint density at radius 3 is 1.93 bits per heavy atom. The number of carboxylic acids is 3. The van der Waals surface area contributed by atoms with Crippen LogP contribution in [0.3, 0.4) is 0 Å². The molecular formula is C24H30N6O10. The lowest BCUT2D eigenvalue weighted by Crippen LogP contribution is -2.58. The summed E-state index contributed by atoms with van der Waals surface area (Å²) < 4.78 is 0. The van der Waals surface area contributed by atoms with E-state index in [1.54, 1.807) is 0 Å². The van der Waals surface area contributed by atoms with Crippen LogP contribution >= 0.6 is 0 Å². The number of rotatable bonds is 16. The molecule has 1 aromatic carbocycles. The Labute approximate surface area is 227 Å². The molecule has 3 amide bonds. The molecule has 2 rings (SSSR count). The van der Waals surface area contributed by atoms with Crippen molar-refractivity contribution in [3.05, 3.63) is 48.0 Å². The van der Waals surface area contributed by atoms with Crippen molar-refractivity contribution >= 4 is 35.6 Å². The average Bonchev–Trinajstić information content (AvgIpc) is 3.40. The van der Waals surface area contributed by atoms with Crippen LogP contribution < -0.4 is 21.7 Å². The number of hydrogen-bond donors (Lipinski definition) is 9. The Morgan fingerprint density at radius 2 is 1.40 bits per heavy atom. The van der Waals surface area contributed by atoms with Crippen LogP contribution in [0, 0.1) is 0 Å². The molecule has 4 unspecified atom stereocenters. The van der Waals surface area contributed by atoms with E-state index < -0.39 is 66.2 Å². The summed E-state index contributed by atoms with van der Waals surface area (Å²) in [5.41, 5.74) is 6.63. The molecule has 4 atom stereocenters. The molecule has 0 saturated heterocycles. The van der Waals surface area contributed by atoms with E-state index in [1.807, 2.05) is 0 Å². The molecule has 1 heterocycles. The van der Waals surface area contributed by atoms with Crippen molar-refractivity contribution in [3.63, 3.8) is 0 Å². The number of amides is 3. The standard InChI is InChI=1S/C24H30N6O10/c25-15(5-6-19(32)33)21(36)28-17(8-13-10-26-11-27-13)23(38)29-16(7-12-1-3-14(31)4-2-12)22(37)30-18(24(39)40)9-20(34)35/h1-4,10-11,15-18,31H,5-9,25H2,(H,26,27)(H,28,36)(H,29,38)(H,30,37)(H,32,33)(H,34,35)(H,39,40). The second-order valence-corrected chi connectivity index (χ2v) is 8.81. The molecule has 16 heteroatoms. The van der Waals surface area contributed by atoms with Gasteiger partial charge in [0.05, 0.1) is 18.8 Å². The average molecular weight is 563 g/mol. The van der Waals surface area contributed by atoms with Crippen molar-refractivity contribution in [1.29, 1.82) is 0 Å². The van der Waals surface area contributed by atoms with E-state index in [0.29, 0.717) is 11.3 Å². The van der Waals surface area contributed by atoms with E-state index in [4.69, 9.17) is 15.9 Å². The Hall–Kier alpha value is -4.99. The maximum Gasteiger partial charge on any atom is 0.326 e. The van der Waals surface area contributed by atoms with E-state index in [-0.39, 0.29) is 31.4 Å². The van der Waals surface area contributed by atoms with Crippen molar-refractivity contribution < 1.29 is 49.2 Å². The largest absolute Gasteiger partial charge is 0.508 e. The van der Waals surface area contributed by atoms with Gasteiger partial charge in [0.15, 0.2) is 0 Å². The lowest BCUT2D eigenvalue weighted by molar-refractivity contribution is -0.147. The SMILES string of the molecule is NC(CCC(=O)O)C(=O)NC(Cc1cnc[nH]1)C(=O)NC(Cc1ccc(O)cc1)C(=O)NC(CC(=O)O)C(=O)O. The molecule has 0 aliphatic rings. The Bertz CT molecular complexity index is 1200. The van der Waals surface area contributed by atoms with E-state index in [9.17, 15) is 39.0 Å². The zero-order valence-electron chi connectivity index (χ0n) is 21.1. The Kier molecular flexibility index (Phi) is 11.6. The van der Waals surface area contributed by atoms with Crippen LogP contribution in [0.5, 0.6) is 5.75 Å². The van der Waals surface area contributed by atoms with E-state index in [0.717, 1.165) is 0 Å². The lowest BCUT2D eigenvalue weighted by Gasteiger charge is -2.25. The number of H-pyrrole nitrogens is 1. The van der Waals surface area contributed by atoms with Gasteiger partial charge in [0.1, 0.15) is 23.9 Å². The number of aromatic nitrogens is 2. The molecule has 2 aromatic rings. The molecule has 216 valence electrons. The predicted octanol–water partition coefficient (Wildman–Crippen LogP) is -1.89. The monoisotopic (exact) mass is 562 g/mol. The number of carboxylic acid groups (broad SMARTS) is 3. The van der Waals surface area contributed by atoms with Crippen LogP contribution in [-0.4, -0.2) is 90.2 Å². The van der Waals surface area contributed by atoms with E-state index in [2.05, 4.69) is 25.9 Å². The summed E-state index contributed by atoms with van der Waals surface area (Å²) in [4.78, 5) is 78.9. The molecule has 0 saturated carbocycles. The number of aromatic amines is 1. The fraction of sp³-hybridized carbons (Fsp3) is 0.375. The van der Waals surface area contributed by atoms with Crippen LogP contribution in [0.2, 0.25) is 0 Å². The topological polar surface area (TPSA) is 274 Å². The number of aromatic hydroxyl groups is 1. The minimum Gasteiger partial charge on any atom is -0.508 e. The van der Waals surface area contributed by atoms with Gasteiger partial charge in [-0.15, -0.1) is 0 Å². The third kappa shape index (κ3) is 10.4. The van der Waals surface area contributed by atoms with Crippen LogP contribution in [0.25, 0.3) is 0 Å². The second-order valence-electron chi connectivity index (χ2n) is 8.81. The molecule has 0 radical (unpaired) electrons. The first-order valence-corrected chi connectivity index (χ1v) is 11.9. The normalized spacial score (nSPS) is 13.7. The summed E-state index contributed by atoms with van der Waals surface area (Å²) >= 11 is 0. The molecule has 0 bridgehead atoms. The third-order valence-electron chi connectivity index (χ3n) is 5.62.